The van der Waals surface area contributed by atoms with Crippen molar-refractivity contribution in [3.63, 3.8) is 0 Å². The van der Waals surface area contributed by atoms with Gasteiger partial charge in [-0.3, -0.25) is 14.5 Å². The van der Waals surface area contributed by atoms with Crippen LogP contribution in [0.15, 0.2) is 81.5 Å². The summed E-state index contributed by atoms with van der Waals surface area (Å²) in [6.45, 7) is 2.42. The van der Waals surface area contributed by atoms with Crippen molar-refractivity contribution in [2.45, 2.75) is 59.7 Å². The Bertz CT molecular complexity index is 2040. The molecule has 1 fully saturated rings. The van der Waals surface area contributed by atoms with E-state index < -0.39 is 52.9 Å². The lowest BCUT2D eigenvalue weighted by Gasteiger charge is -2.22. The number of hydrogen-bond donors (Lipinski definition) is 3. The first kappa shape index (κ1) is 34.5. The van der Waals surface area contributed by atoms with Crippen molar-refractivity contribution in [1.29, 1.82) is 0 Å². The van der Waals surface area contributed by atoms with E-state index in [1.807, 2.05) is 4.72 Å². The van der Waals surface area contributed by atoms with Crippen LogP contribution in [-0.4, -0.2) is 68.5 Å². The maximum absolute atomic E-state index is 13.9. The third kappa shape index (κ3) is 8.54. The van der Waals surface area contributed by atoms with Crippen molar-refractivity contribution < 1.29 is 39.2 Å². The Morgan fingerprint density at radius 3 is 2.47 bits per heavy atom. The summed E-state index contributed by atoms with van der Waals surface area (Å²) in [6.07, 6.45) is 2.31. The van der Waals surface area contributed by atoms with Gasteiger partial charge >= 0.3 is 0 Å². The Hall–Kier alpha value is -3.86. The average molecular weight is 707 g/mol. The van der Waals surface area contributed by atoms with Gasteiger partial charge in [0.1, 0.15) is 22.7 Å². The van der Waals surface area contributed by atoms with E-state index in [0.717, 1.165) is 18.4 Å². The predicted octanol–water partition coefficient (Wildman–Crippen LogP) is 2.55. The van der Waals surface area contributed by atoms with Gasteiger partial charge < -0.3 is 10.1 Å². The second kappa shape index (κ2) is 13.7. The van der Waals surface area contributed by atoms with E-state index in [9.17, 15) is 34.4 Å². The molecule has 0 bridgehead atoms. The van der Waals surface area contributed by atoms with Gasteiger partial charge in [-0.1, -0.05) is 30.3 Å². The molecule has 47 heavy (non-hydrogen) atoms. The van der Waals surface area contributed by atoms with E-state index in [-0.39, 0.29) is 28.7 Å². The summed E-state index contributed by atoms with van der Waals surface area (Å²) in [4.78, 5) is 16.3. The summed E-state index contributed by atoms with van der Waals surface area (Å²) < 4.78 is 99.5. The lowest BCUT2D eigenvalue weighted by atomic mass is 9.97. The summed E-state index contributed by atoms with van der Waals surface area (Å²) in [5, 5.41) is 2.29. The molecule has 0 aromatic heterocycles. The maximum Gasteiger partial charge on any atom is 0.242 e. The number of nitrogens with one attached hydrogen (secondary N) is 3. The highest BCUT2D eigenvalue weighted by Gasteiger charge is 2.38. The highest BCUT2D eigenvalue weighted by Crippen LogP contribution is 2.32. The molecule has 1 saturated heterocycles. The van der Waals surface area contributed by atoms with E-state index in [4.69, 9.17) is 4.74 Å². The maximum atomic E-state index is 13.9. The highest BCUT2D eigenvalue weighted by molar-refractivity contribution is 7.91. The summed E-state index contributed by atoms with van der Waals surface area (Å²) in [5.74, 6) is -0.442. The fourth-order valence-electron chi connectivity index (χ4n) is 5.57. The summed E-state index contributed by atoms with van der Waals surface area (Å²) in [7, 11) is -11.4. The molecule has 3 aromatic rings. The number of rotatable bonds is 13. The number of amidine groups is 1. The summed E-state index contributed by atoms with van der Waals surface area (Å²) >= 11 is 0. The van der Waals surface area contributed by atoms with Gasteiger partial charge in [0, 0.05) is 12.3 Å². The van der Waals surface area contributed by atoms with Crippen molar-refractivity contribution in [3.8, 4) is 5.75 Å². The van der Waals surface area contributed by atoms with Gasteiger partial charge in [0.25, 0.3) is 0 Å². The molecule has 0 saturated carbocycles. The van der Waals surface area contributed by atoms with Crippen LogP contribution in [-0.2, 0) is 41.1 Å². The minimum atomic E-state index is -4.17. The van der Waals surface area contributed by atoms with Gasteiger partial charge in [0.2, 0.25) is 26.0 Å². The van der Waals surface area contributed by atoms with Crippen molar-refractivity contribution >= 4 is 41.6 Å². The van der Waals surface area contributed by atoms with Crippen molar-refractivity contribution in [1.82, 2.24) is 14.8 Å². The van der Waals surface area contributed by atoms with Crippen LogP contribution in [0, 0.1) is 12.7 Å². The monoisotopic (exact) mass is 706 g/mol. The van der Waals surface area contributed by atoms with Crippen molar-refractivity contribution in [2.75, 3.05) is 19.4 Å². The fraction of sp³-hybridized carbons (Fsp3) is 0.355. The molecule has 252 valence electrons. The lowest BCUT2D eigenvalue weighted by molar-refractivity contribution is -0.118. The number of amides is 1. The first-order valence-electron chi connectivity index (χ1n) is 14.8. The van der Waals surface area contributed by atoms with Crippen LogP contribution >= 0.6 is 0 Å². The minimum Gasteiger partial charge on any atom is -0.494 e. The number of nitrogens with zero attached hydrogens (tertiary/aromatic N) is 1. The normalized spacial score (nSPS) is 19.9. The zero-order valence-electron chi connectivity index (χ0n) is 25.6. The second-order valence-corrected chi connectivity index (χ2v) is 17.2. The molecule has 5 rings (SSSR count). The van der Waals surface area contributed by atoms with Gasteiger partial charge in [-0.05, 0) is 79.3 Å². The van der Waals surface area contributed by atoms with Crippen molar-refractivity contribution in [2.24, 2.45) is 4.99 Å². The lowest BCUT2D eigenvalue weighted by Crippen LogP contribution is -2.48. The van der Waals surface area contributed by atoms with Crippen LogP contribution < -0.4 is 19.5 Å². The van der Waals surface area contributed by atoms with Crippen LogP contribution in [0.4, 0.5) is 4.39 Å². The molecule has 16 heteroatoms. The summed E-state index contributed by atoms with van der Waals surface area (Å²) in [6, 6.07) is 15.0. The number of carbonyl (C=O) groups excluding carboxylic acids is 1. The molecule has 0 radical (unpaired) electrons. The van der Waals surface area contributed by atoms with E-state index >= 15 is 0 Å². The van der Waals surface area contributed by atoms with Crippen LogP contribution in [0.1, 0.15) is 41.2 Å². The van der Waals surface area contributed by atoms with Crippen LogP contribution in [0.25, 0.3) is 0 Å². The van der Waals surface area contributed by atoms with E-state index in [1.165, 1.54) is 24.3 Å². The largest absolute Gasteiger partial charge is 0.494 e. The van der Waals surface area contributed by atoms with E-state index in [2.05, 4.69) is 15.0 Å². The summed E-state index contributed by atoms with van der Waals surface area (Å²) in [5.41, 5.74) is 1.79. The molecule has 1 amide bonds. The number of halogens is 1. The molecule has 2 heterocycles. The number of aliphatic imine (C=N–C) groups is 1. The Balaban J connectivity index is 1.28. The number of aryl methyl sites for hydroxylation is 1. The van der Waals surface area contributed by atoms with Gasteiger partial charge in [0.15, 0.2) is 9.84 Å². The molecule has 0 aliphatic carbocycles. The third-order valence-corrected chi connectivity index (χ3v) is 12.2. The molecule has 3 aromatic carbocycles. The van der Waals surface area contributed by atoms with Gasteiger partial charge in [-0.2, -0.15) is 0 Å². The number of sulfone groups is 1. The van der Waals surface area contributed by atoms with Crippen LogP contribution in [0.3, 0.4) is 0 Å². The zero-order chi connectivity index (χ0) is 34.0. The quantitative estimate of drug-likeness (QED) is 0.226. The highest BCUT2D eigenvalue weighted by atomic mass is 32.2. The molecule has 2 aliphatic rings. The molecule has 2 unspecified atom stereocenters. The van der Waals surface area contributed by atoms with Gasteiger partial charge in [0.05, 0.1) is 35.4 Å². The van der Waals surface area contributed by atoms with Crippen molar-refractivity contribution in [3.05, 3.63) is 89.2 Å². The van der Waals surface area contributed by atoms with Crippen LogP contribution in [0.2, 0.25) is 0 Å². The Morgan fingerprint density at radius 1 is 1.04 bits per heavy atom. The fourth-order valence-corrected chi connectivity index (χ4v) is 8.97. The van der Waals surface area contributed by atoms with Gasteiger partial charge in [-0.25, -0.2) is 34.4 Å². The SMILES string of the molecule is Cc1cc(CC(NS(=O)(=O)c2cccc(F)c2)C2=NC[C@@H](CCCOc3cccc(S(C)(=O)=O)c3)N2)ccc1C1CC(=O)NS1(=O)=O. The first-order chi connectivity index (χ1) is 22.1. The smallest absolute Gasteiger partial charge is 0.242 e. The Kier molecular flexibility index (Phi) is 10.1. The van der Waals surface area contributed by atoms with Crippen LogP contribution in [0.5, 0.6) is 5.75 Å². The number of carbonyl (C=O) groups is 1. The van der Waals surface area contributed by atoms with E-state index in [0.29, 0.717) is 54.3 Å². The number of benzene rings is 3. The molecule has 3 N–H and O–H groups in total. The first-order valence-corrected chi connectivity index (χ1v) is 19.7. The number of hydrogen-bond acceptors (Lipinski definition) is 10. The molecule has 12 nitrogen and oxygen atoms in total. The number of sulfonamides is 2. The number of ether oxygens (including phenoxy) is 1. The topological polar surface area (TPSA) is 177 Å². The Labute approximate surface area is 273 Å². The third-order valence-electron chi connectivity index (χ3n) is 7.89. The molecule has 2 aliphatic heterocycles. The molecule has 0 spiro atoms. The molecular formula is C31H35FN4O8S3. The zero-order valence-corrected chi connectivity index (χ0v) is 28.1. The average Bonchev–Trinajstić information content (AvgIpc) is 3.57. The Morgan fingerprint density at radius 2 is 1.79 bits per heavy atom. The van der Waals surface area contributed by atoms with E-state index in [1.54, 1.807) is 37.3 Å². The molecular weight excluding hydrogens is 672 g/mol. The predicted molar refractivity (Wildman–Crippen MR) is 173 cm³/mol. The second-order valence-electron chi connectivity index (χ2n) is 11.6. The van der Waals surface area contributed by atoms with Gasteiger partial charge in [-0.15, -0.1) is 0 Å². The molecule has 3 atom stereocenters. The minimum absolute atomic E-state index is 0.126. The standard InChI is InChI=1S/C31H35FN4O8S3/c1-20-14-21(11-12-27(20)29-18-30(37)36-47(29,42)43)15-28(35-46(40,41)26-10-3-6-22(32)16-26)31-33-19-23(34-31)7-5-13-44-24-8-4-9-25(17-24)45(2,38)39/h3-4,6,8-12,14,16-17,23,28-29,35H,5,7,13,15,18-19H2,1-2H3,(H,33,34)(H,36,37)/t23-,28?,29?/m1/s1.